The highest BCUT2D eigenvalue weighted by Gasteiger charge is 2.58. The van der Waals surface area contributed by atoms with Gasteiger partial charge in [-0.25, -0.2) is 0 Å². The molecular formula is C20H15BrF3NO4. The van der Waals surface area contributed by atoms with E-state index in [1.54, 1.807) is 24.3 Å². The second-order valence-corrected chi connectivity index (χ2v) is 7.81. The number of hydrogen-bond acceptors (Lipinski definition) is 4. The van der Waals surface area contributed by atoms with E-state index in [9.17, 15) is 28.2 Å². The zero-order valence-electron chi connectivity index (χ0n) is 14.8. The lowest BCUT2D eigenvalue weighted by Crippen LogP contribution is -2.40. The molecule has 2 N–H and O–H groups in total. The van der Waals surface area contributed by atoms with Crippen molar-refractivity contribution in [3.63, 3.8) is 0 Å². The number of aliphatic hydroxyl groups is 1. The Labute approximate surface area is 171 Å². The Morgan fingerprint density at radius 3 is 2.72 bits per heavy atom. The van der Waals surface area contributed by atoms with Crippen LogP contribution in [0.2, 0.25) is 0 Å². The minimum atomic E-state index is -4.63. The van der Waals surface area contributed by atoms with Gasteiger partial charge in [0.2, 0.25) is 5.76 Å². The average molecular weight is 470 g/mol. The quantitative estimate of drug-likeness (QED) is 0.695. The molecule has 5 nitrogen and oxygen atoms in total. The normalized spacial score (nSPS) is 24.0. The number of allylic oxidation sites excluding steroid dienone is 3. The standard InChI is InChI=1S/C20H15BrF3NO4/c21-11-5-7-16(26)14(9-11)19(28)13-3-1-2-4-15(13)25(18(19)27)10-12-6-8-17(29-12)20(22,23)24/h1-2,4-9,13,26,28H,3,10H2. The summed E-state index contributed by atoms with van der Waals surface area (Å²) in [6, 6.07) is 6.34. The summed E-state index contributed by atoms with van der Waals surface area (Å²) in [5.41, 5.74) is -1.59. The summed E-state index contributed by atoms with van der Waals surface area (Å²) in [6.45, 7) is -0.276. The van der Waals surface area contributed by atoms with Gasteiger partial charge in [-0.1, -0.05) is 28.1 Å². The molecule has 0 saturated carbocycles. The number of furan rings is 1. The third-order valence-corrected chi connectivity index (χ3v) is 5.64. The van der Waals surface area contributed by atoms with Gasteiger partial charge in [-0.3, -0.25) is 4.79 Å². The van der Waals surface area contributed by atoms with Crippen LogP contribution >= 0.6 is 15.9 Å². The number of nitrogens with zero attached hydrogens (tertiary/aromatic N) is 1. The molecule has 4 rings (SSSR count). The minimum Gasteiger partial charge on any atom is -0.508 e. The summed E-state index contributed by atoms with van der Waals surface area (Å²) in [6.07, 6.45) is 0.808. The monoisotopic (exact) mass is 469 g/mol. The van der Waals surface area contributed by atoms with Gasteiger partial charge in [-0.2, -0.15) is 13.2 Å². The van der Waals surface area contributed by atoms with Gasteiger partial charge in [0.15, 0.2) is 5.60 Å². The summed E-state index contributed by atoms with van der Waals surface area (Å²) >= 11 is 3.27. The molecule has 1 saturated heterocycles. The lowest BCUT2D eigenvalue weighted by atomic mass is 9.78. The molecule has 1 aliphatic heterocycles. The number of likely N-dealkylation sites (tertiary alicyclic amines) is 1. The van der Waals surface area contributed by atoms with E-state index in [0.29, 0.717) is 16.6 Å². The molecule has 0 radical (unpaired) electrons. The van der Waals surface area contributed by atoms with Crippen LogP contribution in [0.3, 0.4) is 0 Å². The topological polar surface area (TPSA) is 73.9 Å². The second kappa shape index (κ2) is 6.77. The fraction of sp³-hybridized carbons (Fsp3) is 0.250. The van der Waals surface area contributed by atoms with E-state index in [1.807, 2.05) is 0 Å². The Hall–Kier alpha value is -2.52. The predicted octanol–water partition coefficient (Wildman–Crippen LogP) is 4.46. The highest BCUT2D eigenvalue weighted by Crippen LogP contribution is 2.50. The zero-order valence-corrected chi connectivity index (χ0v) is 16.4. The number of benzene rings is 1. The summed E-state index contributed by atoms with van der Waals surface area (Å²) in [7, 11) is 0. The van der Waals surface area contributed by atoms with Crippen molar-refractivity contribution in [2.24, 2.45) is 5.92 Å². The van der Waals surface area contributed by atoms with Crippen molar-refractivity contribution >= 4 is 21.8 Å². The molecule has 1 aliphatic carbocycles. The van der Waals surface area contributed by atoms with Crippen LogP contribution in [-0.4, -0.2) is 21.0 Å². The van der Waals surface area contributed by atoms with Crippen LogP contribution in [0.5, 0.6) is 5.75 Å². The van der Waals surface area contributed by atoms with Crippen molar-refractivity contribution < 1.29 is 32.6 Å². The van der Waals surface area contributed by atoms with Crippen molar-refractivity contribution in [3.8, 4) is 5.75 Å². The first-order chi connectivity index (χ1) is 13.6. The van der Waals surface area contributed by atoms with Crippen molar-refractivity contribution in [1.29, 1.82) is 0 Å². The lowest BCUT2D eigenvalue weighted by molar-refractivity contribution is -0.153. The molecule has 9 heteroatoms. The number of rotatable bonds is 3. The van der Waals surface area contributed by atoms with Crippen LogP contribution in [0.1, 0.15) is 23.5 Å². The van der Waals surface area contributed by atoms with Crippen LogP contribution in [0.15, 0.2) is 63.1 Å². The average Bonchev–Trinajstić information content (AvgIpc) is 3.23. The SMILES string of the molecule is O=C1N(Cc2ccc(C(F)(F)F)o2)C2=CC=CCC2C1(O)c1cc(Br)ccc1O. The summed E-state index contributed by atoms with van der Waals surface area (Å²) in [4.78, 5) is 14.5. The van der Waals surface area contributed by atoms with Crippen LogP contribution in [0.4, 0.5) is 13.2 Å². The fourth-order valence-corrected chi connectivity index (χ4v) is 4.16. The van der Waals surface area contributed by atoms with Crippen molar-refractivity contribution in [1.82, 2.24) is 4.90 Å². The summed E-state index contributed by atoms with van der Waals surface area (Å²) in [5, 5.41) is 21.8. The largest absolute Gasteiger partial charge is 0.508 e. The third kappa shape index (κ3) is 3.18. The van der Waals surface area contributed by atoms with Crippen LogP contribution in [-0.2, 0) is 23.1 Å². The first-order valence-electron chi connectivity index (χ1n) is 8.68. The molecule has 2 aliphatic rings. The van der Waals surface area contributed by atoms with Gasteiger partial charge < -0.3 is 19.5 Å². The maximum atomic E-state index is 13.3. The molecule has 1 fully saturated rings. The van der Waals surface area contributed by atoms with Crippen LogP contribution < -0.4 is 0 Å². The lowest BCUT2D eigenvalue weighted by Gasteiger charge is -2.28. The van der Waals surface area contributed by atoms with E-state index in [0.717, 1.165) is 12.1 Å². The number of fused-ring (bicyclic) bond motifs is 1. The van der Waals surface area contributed by atoms with E-state index < -0.39 is 29.4 Å². The molecule has 2 atom stereocenters. The zero-order chi connectivity index (χ0) is 21.0. The first-order valence-corrected chi connectivity index (χ1v) is 9.47. The van der Waals surface area contributed by atoms with Crippen LogP contribution in [0, 0.1) is 5.92 Å². The smallest absolute Gasteiger partial charge is 0.449 e. The van der Waals surface area contributed by atoms with Gasteiger partial charge in [-0.15, -0.1) is 0 Å². The van der Waals surface area contributed by atoms with Gasteiger partial charge in [0.05, 0.1) is 6.54 Å². The molecule has 2 aromatic rings. The predicted molar refractivity (Wildman–Crippen MR) is 99.3 cm³/mol. The third-order valence-electron chi connectivity index (χ3n) is 5.14. The van der Waals surface area contributed by atoms with Crippen LogP contribution in [0.25, 0.3) is 0 Å². The van der Waals surface area contributed by atoms with Gasteiger partial charge in [-0.05, 0) is 42.8 Å². The molecule has 2 heterocycles. The van der Waals surface area contributed by atoms with Gasteiger partial charge >= 0.3 is 6.18 Å². The Bertz CT molecular complexity index is 1040. The number of hydrogen-bond donors (Lipinski definition) is 2. The van der Waals surface area contributed by atoms with Crippen molar-refractivity contribution in [2.75, 3.05) is 0 Å². The Morgan fingerprint density at radius 1 is 1.28 bits per heavy atom. The molecular weight excluding hydrogens is 455 g/mol. The molecule has 1 aromatic carbocycles. The molecule has 2 unspecified atom stereocenters. The van der Waals surface area contributed by atoms with E-state index in [1.165, 1.54) is 17.0 Å². The number of carbonyl (C=O) groups is 1. The number of phenols is 1. The summed E-state index contributed by atoms with van der Waals surface area (Å²) < 4.78 is 43.9. The van der Waals surface area contributed by atoms with E-state index in [2.05, 4.69) is 15.9 Å². The number of aromatic hydroxyl groups is 1. The molecule has 152 valence electrons. The number of halogens is 4. The maximum absolute atomic E-state index is 13.3. The minimum absolute atomic E-state index is 0.0287. The number of phenolic OH excluding ortho intramolecular Hbond substituents is 1. The molecule has 1 amide bonds. The highest BCUT2D eigenvalue weighted by atomic mass is 79.9. The highest BCUT2D eigenvalue weighted by molar-refractivity contribution is 9.10. The van der Waals surface area contributed by atoms with E-state index in [-0.39, 0.29) is 23.6 Å². The van der Waals surface area contributed by atoms with Crippen molar-refractivity contribution in [2.45, 2.75) is 24.7 Å². The van der Waals surface area contributed by atoms with E-state index in [4.69, 9.17) is 4.42 Å². The van der Waals surface area contributed by atoms with Gasteiger partial charge in [0.25, 0.3) is 5.91 Å². The number of carbonyl (C=O) groups excluding carboxylic acids is 1. The second-order valence-electron chi connectivity index (χ2n) is 6.89. The van der Waals surface area contributed by atoms with Crippen molar-refractivity contribution in [3.05, 3.63) is 75.8 Å². The Morgan fingerprint density at radius 2 is 2.03 bits per heavy atom. The number of alkyl halides is 3. The molecule has 0 spiro atoms. The van der Waals surface area contributed by atoms with Gasteiger partial charge in [0.1, 0.15) is 11.5 Å². The van der Waals surface area contributed by atoms with Gasteiger partial charge in [0, 0.05) is 21.7 Å². The Kier molecular flexibility index (Phi) is 4.62. The maximum Gasteiger partial charge on any atom is 0.449 e. The van der Waals surface area contributed by atoms with E-state index >= 15 is 0 Å². The Balaban J connectivity index is 1.75. The molecule has 29 heavy (non-hydrogen) atoms. The number of amides is 1. The molecule has 1 aromatic heterocycles. The first kappa shape index (κ1) is 19.8. The summed E-state index contributed by atoms with van der Waals surface area (Å²) in [5.74, 6) is -2.92. The molecule has 0 bridgehead atoms. The fourth-order valence-electron chi connectivity index (χ4n) is 3.80.